The van der Waals surface area contributed by atoms with Crippen LogP contribution in [0.15, 0.2) is 53.5 Å². The maximum Gasteiger partial charge on any atom is 0.253 e. The number of carbonyl (C=O) groups excluding carboxylic acids is 1. The molecule has 1 heterocycles. The minimum Gasteiger partial charge on any atom is -0.356 e. The van der Waals surface area contributed by atoms with Gasteiger partial charge in [0.25, 0.3) is 5.91 Å². The summed E-state index contributed by atoms with van der Waals surface area (Å²) in [6.07, 6.45) is 1.96. The van der Waals surface area contributed by atoms with Gasteiger partial charge in [0.2, 0.25) is 0 Å². The van der Waals surface area contributed by atoms with Gasteiger partial charge >= 0.3 is 0 Å². The summed E-state index contributed by atoms with van der Waals surface area (Å²) in [5, 5.41) is 6.78. The predicted octanol–water partition coefficient (Wildman–Crippen LogP) is 2.77. The molecule has 0 aromatic heterocycles. The van der Waals surface area contributed by atoms with E-state index in [0.717, 1.165) is 62.7 Å². The van der Waals surface area contributed by atoms with Crippen LogP contribution in [0.25, 0.3) is 0 Å². The number of fused-ring (bicyclic) bond motifs is 1. The summed E-state index contributed by atoms with van der Waals surface area (Å²) in [4.78, 5) is 20.5. The van der Waals surface area contributed by atoms with Gasteiger partial charge in [-0.05, 0) is 41.7 Å². The predicted molar refractivity (Wildman–Crippen MR) is 138 cm³/mol. The normalized spacial score (nSPS) is 13.7. The molecule has 168 valence electrons. The lowest BCUT2D eigenvalue weighted by molar-refractivity contribution is 0.0827. The van der Waals surface area contributed by atoms with Crippen molar-refractivity contribution in [1.82, 2.24) is 20.4 Å². The highest BCUT2D eigenvalue weighted by Gasteiger charge is 2.15. The van der Waals surface area contributed by atoms with E-state index in [4.69, 9.17) is 0 Å². The Kier molecular flexibility index (Phi) is 10.3. The van der Waals surface area contributed by atoms with Crippen LogP contribution in [0.1, 0.15) is 27.0 Å². The summed E-state index contributed by atoms with van der Waals surface area (Å²) in [5.41, 5.74) is 4.79. The Morgan fingerprint density at radius 3 is 2.55 bits per heavy atom. The smallest absolute Gasteiger partial charge is 0.253 e. The largest absolute Gasteiger partial charge is 0.356 e. The molecule has 2 aromatic carbocycles. The topological polar surface area (TPSA) is 60.0 Å². The maximum atomic E-state index is 12.1. The fourth-order valence-corrected chi connectivity index (χ4v) is 3.74. The number of aliphatic imine (C=N–C) groups is 1. The van der Waals surface area contributed by atoms with E-state index in [9.17, 15) is 4.79 Å². The van der Waals surface area contributed by atoms with Crippen LogP contribution in [0.4, 0.5) is 0 Å². The van der Waals surface area contributed by atoms with Gasteiger partial charge in [-0.2, -0.15) is 0 Å². The first-order valence-corrected chi connectivity index (χ1v) is 10.6. The Labute approximate surface area is 203 Å². The zero-order chi connectivity index (χ0) is 21.3. The third-order valence-corrected chi connectivity index (χ3v) is 5.44. The molecular formula is C24H34IN5O. The first-order valence-electron chi connectivity index (χ1n) is 10.6. The summed E-state index contributed by atoms with van der Waals surface area (Å²) in [7, 11) is 5.34. The van der Waals surface area contributed by atoms with Crippen molar-refractivity contribution in [1.29, 1.82) is 0 Å². The number of halogens is 1. The standard InChI is InChI=1S/C24H33N5O.HI/c1-25-24(26-13-11-19-7-6-10-21(17-19)23(30)28(2)3)27-14-16-29-15-12-20-8-4-5-9-22(20)18-29;/h4-10,17H,11-16,18H2,1-3H3,(H2,25,26,27);1H. The highest BCUT2D eigenvalue weighted by Crippen LogP contribution is 2.17. The third kappa shape index (κ3) is 7.50. The molecule has 0 unspecified atom stereocenters. The summed E-state index contributed by atoms with van der Waals surface area (Å²) in [5.74, 6) is 0.843. The lowest BCUT2D eigenvalue weighted by Gasteiger charge is -2.28. The van der Waals surface area contributed by atoms with Crippen LogP contribution in [0.5, 0.6) is 0 Å². The minimum atomic E-state index is 0. The number of rotatable bonds is 7. The van der Waals surface area contributed by atoms with Gasteiger partial charge in [-0.3, -0.25) is 14.7 Å². The molecule has 0 spiro atoms. The van der Waals surface area contributed by atoms with E-state index in [1.54, 1.807) is 26.0 Å². The number of nitrogens with one attached hydrogen (secondary N) is 2. The number of hydrogen-bond donors (Lipinski definition) is 2. The number of guanidine groups is 1. The molecule has 1 aliphatic heterocycles. The van der Waals surface area contributed by atoms with Gasteiger partial charge in [0.1, 0.15) is 0 Å². The molecule has 0 saturated heterocycles. The van der Waals surface area contributed by atoms with Crippen LogP contribution in [-0.2, 0) is 19.4 Å². The van der Waals surface area contributed by atoms with Gasteiger partial charge in [0, 0.05) is 59.4 Å². The van der Waals surface area contributed by atoms with Gasteiger partial charge in [0.15, 0.2) is 5.96 Å². The van der Waals surface area contributed by atoms with Crippen molar-refractivity contribution in [2.24, 2.45) is 4.99 Å². The van der Waals surface area contributed by atoms with Gasteiger partial charge in [0.05, 0.1) is 0 Å². The van der Waals surface area contributed by atoms with Crippen molar-refractivity contribution in [3.8, 4) is 0 Å². The molecule has 0 aliphatic carbocycles. The lowest BCUT2D eigenvalue weighted by atomic mass is 10.00. The van der Waals surface area contributed by atoms with Crippen LogP contribution in [0.3, 0.4) is 0 Å². The van der Waals surface area contributed by atoms with E-state index in [1.165, 1.54) is 11.1 Å². The van der Waals surface area contributed by atoms with Gasteiger partial charge in [-0.1, -0.05) is 36.4 Å². The zero-order valence-corrected chi connectivity index (χ0v) is 21.1. The summed E-state index contributed by atoms with van der Waals surface area (Å²) < 4.78 is 0. The Bertz CT molecular complexity index is 884. The molecule has 0 fully saturated rings. The Hall–Kier alpha value is -2.13. The van der Waals surface area contributed by atoms with Crippen LogP contribution in [0.2, 0.25) is 0 Å². The SMILES string of the molecule is CN=C(NCCc1cccc(C(=O)N(C)C)c1)NCCN1CCc2ccccc2C1.I. The first-order chi connectivity index (χ1) is 14.6. The number of hydrogen-bond acceptors (Lipinski definition) is 3. The van der Waals surface area contributed by atoms with Crippen LogP contribution >= 0.6 is 24.0 Å². The average Bonchev–Trinajstić information content (AvgIpc) is 2.77. The Morgan fingerprint density at radius 1 is 1.06 bits per heavy atom. The first kappa shape index (κ1) is 25.1. The molecule has 3 rings (SSSR count). The van der Waals surface area contributed by atoms with E-state index in [2.05, 4.69) is 50.9 Å². The van der Waals surface area contributed by atoms with Crippen molar-refractivity contribution < 1.29 is 4.79 Å². The van der Waals surface area contributed by atoms with Gasteiger partial charge < -0.3 is 15.5 Å². The van der Waals surface area contributed by atoms with Gasteiger partial charge in [-0.25, -0.2) is 0 Å². The highest BCUT2D eigenvalue weighted by atomic mass is 127. The summed E-state index contributed by atoms with van der Waals surface area (Å²) in [6, 6.07) is 16.5. The fourth-order valence-electron chi connectivity index (χ4n) is 3.74. The van der Waals surface area contributed by atoms with Crippen LogP contribution in [-0.4, -0.2) is 69.0 Å². The van der Waals surface area contributed by atoms with E-state index < -0.39 is 0 Å². The average molecular weight is 535 g/mol. The summed E-state index contributed by atoms with van der Waals surface area (Å²) >= 11 is 0. The molecule has 0 saturated carbocycles. The molecule has 2 N–H and O–H groups in total. The quantitative estimate of drug-likeness (QED) is 0.326. The number of benzene rings is 2. The second-order valence-corrected chi connectivity index (χ2v) is 7.87. The molecular weight excluding hydrogens is 501 g/mol. The second kappa shape index (κ2) is 12.7. The van der Waals surface area contributed by atoms with E-state index in [-0.39, 0.29) is 29.9 Å². The molecule has 0 bridgehead atoms. The monoisotopic (exact) mass is 535 g/mol. The van der Waals surface area contributed by atoms with E-state index in [1.807, 2.05) is 18.2 Å². The van der Waals surface area contributed by atoms with Crippen molar-refractivity contribution >= 4 is 35.8 Å². The van der Waals surface area contributed by atoms with Gasteiger partial charge in [-0.15, -0.1) is 24.0 Å². The molecule has 0 atom stereocenters. The summed E-state index contributed by atoms with van der Waals surface area (Å²) in [6.45, 7) is 4.73. The van der Waals surface area contributed by atoms with Crippen molar-refractivity contribution in [2.45, 2.75) is 19.4 Å². The second-order valence-electron chi connectivity index (χ2n) is 7.87. The number of carbonyl (C=O) groups is 1. The van der Waals surface area contributed by atoms with E-state index >= 15 is 0 Å². The van der Waals surface area contributed by atoms with Crippen LogP contribution in [0, 0.1) is 0 Å². The Morgan fingerprint density at radius 2 is 1.81 bits per heavy atom. The van der Waals surface area contributed by atoms with Crippen molar-refractivity contribution in [2.75, 3.05) is 47.3 Å². The number of nitrogens with zero attached hydrogens (tertiary/aromatic N) is 3. The molecule has 7 heteroatoms. The molecule has 6 nitrogen and oxygen atoms in total. The van der Waals surface area contributed by atoms with E-state index in [0.29, 0.717) is 0 Å². The maximum absolute atomic E-state index is 12.1. The molecule has 0 radical (unpaired) electrons. The number of amides is 1. The Balaban J connectivity index is 0.00000341. The van der Waals surface area contributed by atoms with Crippen molar-refractivity contribution in [3.63, 3.8) is 0 Å². The third-order valence-electron chi connectivity index (χ3n) is 5.44. The van der Waals surface area contributed by atoms with Crippen molar-refractivity contribution in [3.05, 3.63) is 70.8 Å². The molecule has 31 heavy (non-hydrogen) atoms. The molecule has 2 aromatic rings. The molecule has 1 amide bonds. The molecule has 1 aliphatic rings. The lowest BCUT2D eigenvalue weighted by Crippen LogP contribution is -2.43. The fraction of sp³-hybridized carbons (Fsp3) is 0.417. The highest BCUT2D eigenvalue weighted by molar-refractivity contribution is 14.0. The minimum absolute atomic E-state index is 0. The zero-order valence-electron chi connectivity index (χ0n) is 18.7. The van der Waals surface area contributed by atoms with Crippen LogP contribution < -0.4 is 10.6 Å².